The van der Waals surface area contributed by atoms with E-state index in [0.717, 1.165) is 56.9 Å². The molecule has 1 aliphatic carbocycles. The van der Waals surface area contributed by atoms with Crippen LogP contribution in [0, 0.1) is 17.4 Å². The molecule has 3 rings (SSSR count). The maximum atomic E-state index is 11.8. The van der Waals surface area contributed by atoms with E-state index in [1.54, 1.807) is 0 Å². The zero-order valence-electron chi connectivity index (χ0n) is 22.7. The zero-order valence-corrected chi connectivity index (χ0v) is 24.5. The normalized spacial score (nSPS) is 16.6. The Balaban J connectivity index is 1.75. The predicted octanol–water partition coefficient (Wildman–Crippen LogP) is 8.22. The molecule has 1 aromatic carbocycles. The molecule has 0 fully saturated rings. The van der Waals surface area contributed by atoms with Crippen molar-refractivity contribution in [2.75, 3.05) is 7.11 Å². The molecule has 0 saturated carbocycles. The summed E-state index contributed by atoms with van der Waals surface area (Å²) in [6.45, 7) is 9.08. The number of esters is 1. The fraction of sp³-hybridized carbons (Fsp3) is 0.516. The Hall–Kier alpha value is -2.13. The van der Waals surface area contributed by atoms with Gasteiger partial charge in [0.2, 0.25) is 0 Å². The van der Waals surface area contributed by atoms with E-state index in [0.29, 0.717) is 10.8 Å². The Morgan fingerprint density at radius 1 is 1.14 bits per heavy atom. The Bertz CT molecular complexity index is 1100. The summed E-state index contributed by atoms with van der Waals surface area (Å²) in [5.41, 5.74) is 8.58. The molecule has 0 saturated heterocycles. The van der Waals surface area contributed by atoms with Crippen LogP contribution in [0.2, 0.25) is 19.6 Å². The number of aryl methyl sites for hydroxylation is 1. The summed E-state index contributed by atoms with van der Waals surface area (Å²) in [6.07, 6.45) is 9.20. The van der Waals surface area contributed by atoms with Gasteiger partial charge >= 0.3 is 5.97 Å². The smallest absolute Gasteiger partial charge is 0.348 e. The van der Waals surface area contributed by atoms with Gasteiger partial charge in [-0.15, -0.1) is 16.9 Å². The summed E-state index contributed by atoms with van der Waals surface area (Å²) in [5, 5.41) is 10.6. The van der Waals surface area contributed by atoms with E-state index in [-0.39, 0.29) is 12.1 Å². The largest absolute Gasteiger partial charge is 0.465 e. The monoisotopic (exact) mass is 522 g/mol. The summed E-state index contributed by atoms with van der Waals surface area (Å²) in [7, 11) is -0.0332. The summed E-state index contributed by atoms with van der Waals surface area (Å²) < 4.78 is 4.84. The van der Waals surface area contributed by atoms with E-state index in [1.165, 1.54) is 46.5 Å². The first-order valence-electron chi connectivity index (χ1n) is 13.4. The van der Waals surface area contributed by atoms with Gasteiger partial charge in [0, 0.05) is 10.5 Å². The molecule has 3 nitrogen and oxygen atoms in total. The van der Waals surface area contributed by atoms with Gasteiger partial charge in [0.25, 0.3) is 0 Å². The Labute approximate surface area is 223 Å². The molecule has 0 spiro atoms. The van der Waals surface area contributed by atoms with Crippen molar-refractivity contribution in [2.24, 2.45) is 5.92 Å². The first kappa shape index (κ1) is 28.4. The van der Waals surface area contributed by atoms with Crippen molar-refractivity contribution in [1.29, 1.82) is 0 Å². The minimum atomic E-state index is -1.46. The number of aliphatic hydroxyl groups is 1. The zero-order chi connectivity index (χ0) is 26.1. The maximum Gasteiger partial charge on any atom is 0.348 e. The number of rotatable bonds is 11. The number of ether oxygens (including phenoxy) is 1. The molecule has 0 aliphatic heterocycles. The highest BCUT2D eigenvalue weighted by Gasteiger charge is 2.26. The van der Waals surface area contributed by atoms with Crippen LogP contribution in [0.15, 0.2) is 42.0 Å². The van der Waals surface area contributed by atoms with Crippen molar-refractivity contribution >= 4 is 31.0 Å². The lowest BCUT2D eigenvalue weighted by Gasteiger charge is -2.17. The van der Waals surface area contributed by atoms with Gasteiger partial charge in [-0.25, -0.2) is 4.79 Å². The summed E-state index contributed by atoms with van der Waals surface area (Å²) in [6, 6.07) is 12.5. The van der Waals surface area contributed by atoms with Crippen molar-refractivity contribution in [2.45, 2.75) is 90.5 Å². The molecule has 1 aromatic heterocycles. The van der Waals surface area contributed by atoms with Crippen LogP contribution in [0.4, 0.5) is 0 Å². The van der Waals surface area contributed by atoms with Gasteiger partial charge in [-0.2, -0.15) is 0 Å². The number of carbonyl (C=O) groups excluding carboxylic acids is 1. The quantitative estimate of drug-likeness (QED) is 0.140. The van der Waals surface area contributed by atoms with Crippen molar-refractivity contribution in [3.8, 4) is 11.5 Å². The fourth-order valence-electron chi connectivity index (χ4n) is 4.82. The standard InChI is InChI=1S/C31H42O3SSi/c1-6-7-8-12-28(32)23-13-15-25(16-14-23)30-24(17-18-26(30)21-22-36(3,4)5)10-9-11-27-19-20-29(35-27)31(33)34-2/h13-16,19-20,24,28,32H,6-12,17-18H2,1-5H3/t24-,28?/m0/s1. The number of thiophene rings is 1. The van der Waals surface area contributed by atoms with E-state index in [2.05, 4.69) is 68.4 Å². The van der Waals surface area contributed by atoms with Crippen LogP contribution >= 0.6 is 11.3 Å². The van der Waals surface area contributed by atoms with Crippen LogP contribution in [-0.2, 0) is 11.2 Å². The molecule has 1 heterocycles. The number of methoxy groups -OCH3 is 1. The van der Waals surface area contributed by atoms with Crippen LogP contribution in [0.5, 0.6) is 0 Å². The average Bonchev–Trinajstić information content (AvgIpc) is 3.49. The van der Waals surface area contributed by atoms with Gasteiger partial charge in [0.05, 0.1) is 13.2 Å². The van der Waals surface area contributed by atoms with Crippen molar-refractivity contribution in [3.05, 3.63) is 62.9 Å². The van der Waals surface area contributed by atoms with E-state index in [1.807, 2.05) is 6.07 Å². The van der Waals surface area contributed by atoms with Crippen molar-refractivity contribution in [1.82, 2.24) is 0 Å². The SMILES string of the molecule is CCCCCC(O)c1ccc(C2=C(C#C[Si](C)(C)C)CC[C@@H]2CCCc2ccc(C(=O)OC)s2)cc1. The second-order valence-corrected chi connectivity index (χ2v) is 16.8. The van der Waals surface area contributed by atoms with Crippen LogP contribution < -0.4 is 0 Å². The van der Waals surface area contributed by atoms with Crippen LogP contribution in [0.25, 0.3) is 5.57 Å². The third-order valence-electron chi connectivity index (χ3n) is 6.78. The highest BCUT2D eigenvalue weighted by Crippen LogP contribution is 2.42. The average molecular weight is 523 g/mol. The van der Waals surface area contributed by atoms with E-state index >= 15 is 0 Å². The number of hydrogen-bond acceptors (Lipinski definition) is 4. The van der Waals surface area contributed by atoms with Gasteiger partial charge in [-0.05, 0) is 73.3 Å². The second kappa shape index (κ2) is 13.4. The minimum Gasteiger partial charge on any atom is -0.465 e. The topological polar surface area (TPSA) is 46.5 Å². The number of benzene rings is 1. The van der Waals surface area contributed by atoms with Gasteiger partial charge in [0.1, 0.15) is 13.0 Å². The van der Waals surface area contributed by atoms with E-state index in [4.69, 9.17) is 4.74 Å². The van der Waals surface area contributed by atoms with Crippen molar-refractivity contribution < 1.29 is 14.6 Å². The lowest BCUT2D eigenvalue weighted by atomic mass is 9.88. The van der Waals surface area contributed by atoms with Gasteiger partial charge in [0.15, 0.2) is 0 Å². The van der Waals surface area contributed by atoms with Crippen LogP contribution in [0.3, 0.4) is 0 Å². The molecule has 0 radical (unpaired) electrons. The maximum absolute atomic E-state index is 11.8. The Morgan fingerprint density at radius 2 is 1.89 bits per heavy atom. The molecular formula is C31H42O3SSi. The summed E-state index contributed by atoms with van der Waals surface area (Å²) in [5.74, 6) is 3.84. The molecule has 5 heteroatoms. The number of hydrogen-bond donors (Lipinski definition) is 1. The first-order chi connectivity index (χ1) is 17.2. The van der Waals surface area contributed by atoms with Crippen molar-refractivity contribution in [3.63, 3.8) is 0 Å². The molecule has 2 aromatic rings. The number of carbonyl (C=O) groups is 1. The van der Waals surface area contributed by atoms with Crippen LogP contribution in [-0.4, -0.2) is 26.3 Å². The third kappa shape index (κ3) is 8.20. The van der Waals surface area contributed by atoms with Crippen LogP contribution in [0.1, 0.15) is 90.1 Å². The summed E-state index contributed by atoms with van der Waals surface area (Å²) in [4.78, 5) is 13.7. The molecule has 1 aliphatic rings. The highest BCUT2D eigenvalue weighted by molar-refractivity contribution is 7.13. The Morgan fingerprint density at radius 3 is 2.56 bits per heavy atom. The molecule has 1 unspecified atom stereocenters. The first-order valence-corrected chi connectivity index (χ1v) is 17.7. The molecule has 36 heavy (non-hydrogen) atoms. The molecule has 194 valence electrons. The summed E-state index contributed by atoms with van der Waals surface area (Å²) >= 11 is 1.54. The second-order valence-electron chi connectivity index (χ2n) is 10.9. The number of allylic oxidation sites excluding steroid dienone is 2. The molecule has 0 bridgehead atoms. The minimum absolute atomic E-state index is 0.253. The third-order valence-corrected chi connectivity index (χ3v) is 8.78. The van der Waals surface area contributed by atoms with Gasteiger partial charge < -0.3 is 9.84 Å². The van der Waals surface area contributed by atoms with E-state index in [9.17, 15) is 9.90 Å². The molecule has 2 atom stereocenters. The highest BCUT2D eigenvalue weighted by atomic mass is 32.1. The van der Waals surface area contributed by atoms with E-state index < -0.39 is 8.07 Å². The lowest BCUT2D eigenvalue weighted by Crippen LogP contribution is -2.16. The fourth-order valence-corrected chi connectivity index (χ4v) is 6.31. The van der Waals surface area contributed by atoms with Gasteiger partial charge in [-0.1, -0.05) is 76.0 Å². The molecule has 0 amide bonds. The molecule has 1 N–H and O–H groups in total. The predicted molar refractivity (Wildman–Crippen MR) is 155 cm³/mol. The lowest BCUT2D eigenvalue weighted by molar-refractivity contribution is 0.0606. The molecular weight excluding hydrogens is 480 g/mol. The van der Waals surface area contributed by atoms with Gasteiger partial charge in [-0.3, -0.25) is 0 Å². The number of unbranched alkanes of at least 4 members (excludes halogenated alkanes) is 2. The Kier molecular flexibility index (Phi) is 10.6. The number of aliphatic hydroxyl groups excluding tert-OH is 1.